The highest BCUT2D eigenvalue weighted by atomic mass is 32.2. The number of piperazine rings is 1. The number of amides is 1. The number of carbonyl (C=O) groups is 1. The summed E-state index contributed by atoms with van der Waals surface area (Å²) in [6.45, 7) is 3.04. The van der Waals surface area contributed by atoms with E-state index in [2.05, 4.69) is 4.90 Å². The average molecular weight is 367 g/mol. The van der Waals surface area contributed by atoms with E-state index in [9.17, 15) is 13.2 Å². The minimum atomic E-state index is -3.53. The molecular weight excluding hydrogens is 342 g/mol. The lowest BCUT2D eigenvalue weighted by atomic mass is 10.2. The number of aliphatic hydroxyl groups excluding tert-OH is 1. The molecule has 0 aliphatic carbocycles. The van der Waals surface area contributed by atoms with E-state index in [0.717, 1.165) is 25.9 Å². The molecular formula is C17H25N3O4S. The highest BCUT2D eigenvalue weighted by molar-refractivity contribution is 7.89. The van der Waals surface area contributed by atoms with Crippen molar-refractivity contribution in [2.45, 2.75) is 23.8 Å². The minimum absolute atomic E-state index is 0.109. The second kappa shape index (κ2) is 7.41. The molecule has 1 atom stereocenters. The highest BCUT2D eigenvalue weighted by Gasteiger charge is 2.36. The average Bonchev–Trinajstić information content (AvgIpc) is 3.09. The maximum absolute atomic E-state index is 12.9. The van der Waals surface area contributed by atoms with Gasteiger partial charge >= 0.3 is 0 Å². The molecule has 0 bridgehead atoms. The van der Waals surface area contributed by atoms with Gasteiger partial charge in [-0.15, -0.1) is 0 Å². The van der Waals surface area contributed by atoms with Crippen molar-refractivity contribution in [1.82, 2.24) is 14.1 Å². The van der Waals surface area contributed by atoms with Crippen LogP contribution in [0.3, 0.4) is 0 Å². The van der Waals surface area contributed by atoms with Gasteiger partial charge in [-0.25, -0.2) is 8.42 Å². The molecule has 25 heavy (non-hydrogen) atoms. The van der Waals surface area contributed by atoms with Crippen LogP contribution >= 0.6 is 0 Å². The van der Waals surface area contributed by atoms with Gasteiger partial charge in [0.1, 0.15) is 0 Å². The van der Waals surface area contributed by atoms with Crippen molar-refractivity contribution in [3.8, 4) is 0 Å². The Kier molecular flexibility index (Phi) is 5.43. The van der Waals surface area contributed by atoms with E-state index >= 15 is 0 Å². The second-order valence-electron chi connectivity index (χ2n) is 6.67. The molecule has 2 fully saturated rings. The van der Waals surface area contributed by atoms with Crippen LogP contribution < -0.4 is 0 Å². The fraction of sp³-hybridized carbons (Fsp3) is 0.588. The Balaban J connectivity index is 1.73. The van der Waals surface area contributed by atoms with Crippen LogP contribution in [-0.4, -0.2) is 86.0 Å². The van der Waals surface area contributed by atoms with Gasteiger partial charge in [0, 0.05) is 44.8 Å². The number of hydrogen-bond acceptors (Lipinski definition) is 5. The Morgan fingerprint density at radius 1 is 1.24 bits per heavy atom. The summed E-state index contributed by atoms with van der Waals surface area (Å²) in [5, 5.41) is 8.91. The largest absolute Gasteiger partial charge is 0.395 e. The van der Waals surface area contributed by atoms with Crippen molar-refractivity contribution in [3.63, 3.8) is 0 Å². The van der Waals surface area contributed by atoms with Gasteiger partial charge < -0.3 is 10.0 Å². The summed E-state index contributed by atoms with van der Waals surface area (Å²) in [4.78, 5) is 16.2. The molecule has 2 aliphatic rings. The Bertz CT molecular complexity index is 720. The summed E-state index contributed by atoms with van der Waals surface area (Å²) in [5.74, 6) is -0.238. The quantitative estimate of drug-likeness (QED) is 0.805. The summed E-state index contributed by atoms with van der Waals surface area (Å²) in [6.07, 6.45) is 2.19. The maximum atomic E-state index is 12.9. The number of rotatable bonds is 5. The van der Waals surface area contributed by atoms with Crippen LogP contribution in [0, 0.1) is 0 Å². The molecule has 138 valence electrons. The second-order valence-corrected chi connectivity index (χ2v) is 8.61. The van der Waals surface area contributed by atoms with Crippen molar-refractivity contribution in [2.24, 2.45) is 0 Å². The van der Waals surface area contributed by atoms with E-state index in [1.54, 1.807) is 11.4 Å². The van der Waals surface area contributed by atoms with Gasteiger partial charge in [0.15, 0.2) is 0 Å². The predicted molar refractivity (Wildman–Crippen MR) is 93.8 cm³/mol. The molecule has 1 unspecified atom stereocenters. The molecule has 1 amide bonds. The van der Waals surface area contributed by atoms with Crippen LogP contribution in [0.2, 0.25) is 0 Å². The fourth-order valence-electron chi connectivity index (χ4n) is 3.57. The first-order valence-corrected chi connectivity index (χ1v) is 10.1. The van der Waals surface area contributed by atoms with Crippen molar-refractivity contribution < 1.29 is 18.3 Å². The molecule has 3 rings (SSSR count). The monoisotopic (exact) mass is 367 g/mol. The summed E-state index contributed by atoms with van der Waals surface area (Å²) in [7, 11) is -1.93. The Hall–Kier alpha value is -1.48. The third-order valence-electron chi connectivity index (χ3n) is 5.07. The molecule has 1 aromatic rings. The normalized spacial score (nSPS) is 21.9. The van der Waals surface area contributed by atoms with E-state index in [1.165, 1.54) is 29.2 Å². The number of hydrogen-bond donors (Lipinski definition) is 1. The lowest BCUT2D eigenvalue weighted by Crippen LogP contribution is -2.51. The van der Waals surface area contributed by atoms with Gasteiger partial charge in [-0.1, -0.05) is 0 Å². The summed E-state index contributed by atoms with van der Waals surface area (Å²) in [6, 6.07) is 6.40. The van der Waals surface area contributed by atoms with Gasteiger partial charge in [-0.3, -0.25) is 9.69 Å². The Morgan fingerprint density at radius 3 is 2.64 bits per heavy atom. The number of likely N-dealkylation sites (N-methyl/N-ethyl adjacent to an activating group) is 1. The molecule has 0 aromatic heterocycles. The Morgan fingerprint density at radius 2 is 1.96 bits per heavy atom. The smallest absolute Gasteiger partial charge is 0.253 e. The van der Waals surface area contributed by atoms with E-state index in [4.69, 9.17) is 5.11 Å². The van der Waals surface area contributed by atoms with Crippen molar-refractivity contribution >= 4 is 15.9 Å². The minimum Gasteiger partial charge on any atom is -0.395 e. The lowest BCUT2D eigenvalue weighted by Gasteiger charge is -2.36. The first kappa shape index (κ1) is 18.3. The Labute approximate surface area is 148 Å². The zero-order valence-electron chi connectivity index (χ0n) is 14.5. The number of benzene rings is 1. The molecule has 2 heterocycles. The number of nitrogens with zero attached hydrogens (tertiary/aromatic N) is 3. The van der Waals surface area contributed by atoms with Crippen LogP contribution in [0.1, 0.15) is 23.2 Å². The SMILES string of the molecule is CN(CCO)C(=O)c1ccc(S(=O)(=O)N2CCN3CCCC3C2)cc1. The van der Waals surface area contributed by atoms with E-state index in [1.807, 2.05) is 0 Å². The van der Waals surface area contributed by atoms with Crippen LogP contribution in [-0.2, 0) is 10.0 Å². The van der Waals surface area contributed by atoms with E-state index < -0.39 is 10.0 Å². The molecule has 1 aromatic carbocycles. The zero-order valence-corrected chi connectivity index (χ0v) is 15.3. The van der Waals surface area contributed by atoms with Crippen molar-refractivity contribution in [2.75, 3.05) is 46.4 Å². The number of aliphatic hydroxyl groups is 1. The van der Waals surface area contributed by atoms with Crippen molar-refractivity contribution in [3.05, 3.63) is 29.8 Å². The number of sulfonamides is 1. The van der Waals surface area contributed by atoms with Crippen LogP contribution in [0.25, 0.3) is 0 Å². The van der Waals surface area contributed by atoms with Crippen LogP contribution in [0.5, 0.6) is 0 Å². The summed E-state index contributed by atoms with van der Waals surface area (Å²) in [5.41, 5.74) is 0.413. The molecule has 7 nitrogen and oxygen atoms in total. The molecule has 0 saturated carbocycles. The molecule has 1 N–H and O–H groups in total. The third kappa shape index (κ3) is 3.72. The molecule has 0 radical (unpaired) electrons. The van der Waals surface area contributed by atoms with E-state index in [-0.39, 0.29) is 24.0 Å². The number of carbonyl (C=O) groups excluding carboxylic acids is 1. The van der Waals surface area contributed by atoms with Gasteiger partial charge in [-0.05, 0) is 43.7 Å². The van der Waals surface area contributed by atoms with Crippen molar-refractivity contribution in [1.29, 1.82) is 0 Å². The number of fused-ring (bicyclic) bond motifs is 1. The first-order valence-electron chi connectivity index (χ1n) is 8.64. The zero-order chi connectivity index (χ0) is 18.0. The van der Waals surface area contributed by atoms with Gasteiger partial charge in [-0.2, -0.15) is 4.31 Å². The standard InChI is InChI=1S/C17H25N3O4S/c1-18(11-12-21)17(22)14-4-6-16(7-5-14)25(23,24)20-10-9-19-8-2-3-15(19)13-20/h4-7,15,21H,2-3,8-13H2,1H3. The molecule has 8 heteroatoms. The molecule has 2 aliphatic heterocycles. The molecule has 0 spiro atoms. The van der Waals surface area contributed by atoms with Gasteiger partial charge in [0.05, 0.1) is 11.5 Å². The maximum Gasteiger partial charge on any atom is 0.253 e. The molecule has 2 saturated heterocycles. The highest BCUT2D eigenvalue weighted by Crippen LogP contribution is 2.26. The summed E-state index contributed by atoms with van der Waals surface area (Å²) < 4.78 is 27.3. The van der Waals surface area contributed by atoms with Gasteiger partial charge in [0.25, 0.3) is 5.91 Å². The van der Waals surface area contributed by atoms with E-state index in [0.29, 0.717) is 24.7 Å². The topological polar surface area (TPSA) is 81.2 Å². The lowest BCUT2D eigenvalue weighted by molar-refractivity contribution is 0.0767. The summed E-state index contributed by atoms with van der Waals surface area (Å²) >= 11 is 0. The third-order valence-corrected chi connectivity index (χ3v) is 6.95. The van der Waals surface area contributed by atoms with Gasteiger partial charge in [0.2, 0.25) is 10.0 Å². The van der Waals surface area contributed by atoms with Crippen LogP contribution in [0.15, 0.2) is 29.2 Å². The fourth-order valence-corrected chi connectivity index (χ4v) is 5.04. The predicted octanol–water partition coefficient (Wildman–Crippen LogP) is 0.220. The van der Waals surface area contributed by atoms with Crippen LogP contribution in [0.4, 0.5) is 0 Å². The first-order chi connectivity index (χ1) is 11.9.